The quantitative estimate of drug-likeness (QED) is 0.490. The van der Waals surface area contributed by atoms with E-state index in [4.69, 9.17) is 14.9 Å². The number of hydrogen-bond donors (Lipinski definition) is 4. The molecule has 0 aromatic carbocycles. The summed E-state index contributed by atoms with van der Waals surface area (Å²) in [7, 11) is 0. The number of rotatable bonds is 8. The van der Waals surface area contributed by atoms with Gasteiger partial charge in [0.25, 0.3) is 0 Å². The van der Waals surface area contributed by atoms with Crippen LogP contribution in [0.4, 0.5) is 0 Å². The molecule has 7 nitrogen and oxygen atoms in total. The summed E-state index contributed by atoms with van der Waals surface area (Å²) < 4.78 is 5.61. The van der Waals surface area contributed by atoms with Crippen molar-refractivity contribution in [2.45, 2.75) is 64.5 Å². The van der Waals surface area contributed by atoms with Crippen LogP contribution >= 0.6 is 0 Å². The van der Waals surface area contributed by atoms with Crippen LogP contribution in [0.2, 0.25) is 0 Å². The second-order valence-corrected chi connectivity index (χ2v) is 7.34. The van der Waals surface area contributed by atoms with E-state index in [2.05, 4.69) is 26.1 Å². The first-order chi connectivity index (χ1) is 11.6. The van der Waals surface area contributed by atoms with E-state index in [0.29, 0.717) is 25.3 Å². The van der Waals surface area contributed by atoms with Gasteiger partial charge in [0.05, 0.1) is 12.7 Å². The van der Waals surface area contributed by atoms with E-state index >= 15 is 0 Å². The molecule has 4 N–H and O–H groups in total. The third-order valence-electron chi connectivity index (χ3n) is 3.63. The molecule has 1 rings (SSSR count). The predicted octanol–water partition coefficient (Wildman–Crippen LogP) is 2.04. The fraction of sp³-hybridized carbons (Fsp3) is 0.778. The second kappa shape index (κ2) is 12.9. The number of β-amino-alcohol motifs (C(OH)–C–C–N with tert-alkyl or cyclic N) is 1. The zero-order chi connectivity index (χ0) is 19.3. The first-order valence-corrected chi connectivity index (χ1v) is 8.75. The summed E-state index contributed by atoms with van der Waals surface area (Å²) in [5.41, 5.74) is 0.0599. The van der Waals surface area contributed by atoms with Crippen molar-refractivity contribution in [3.8, 4) is 0 Å². The van der Waals surface area contributed by atoms with Crippen molar-refractivity contribution in [3.05, 3.63) is 12.2 Å². The van der Waals surface area contributed by atoms with Crippen LogP contribution in [0.1, 0.15) is 52.9 Å². The Bertz CT molecular complexity index is 394. The SMILES string of the molecule is CC(C)(C)NCC(O)COCC1CCCCC1.O=C(O)/C=C/C(=O)O. The summed E-state index contributed by atoms with van der Waals surface area (Å²) >= 11 is 0. The van der Waals surface area contributed by atoms with Crippen LogP contribution in [-0.4, -0.2) is 58.7 Å². The molecule has 146 valence electrons. The van der Waals surface area contributed by atoms with Crippen LogP contribution in [0.5, 0.6) is 0 Å². The van der Waals surface area contributed by atoms with Gasteiger partial charge in [-0.25, -0.2) is 9.59 Å². The molecule has 0 aromatic rings. The number of carboxylic acids is 2. The van der Waals surface area contributed by atoms with E-state index in [1.54, 1.807) is 0 Å². The molecule has 1 unspecified atom stereocenters. The van der Waals surface area contributed by atoms with E-state index in [-0.39, 0.29) is 5.54 Å². The molecule has 1 aliphatic rings. The minimum atomic E-state index is -1.26. The molecule has 0 radical (unpaired) electrons. The molecule has 0 amide bonds. The van der Waals surface area contributed by atoms with Crippen LogP contribution in [0.3, 0.4) is 0 Å². The highest BCUT2D eigenvalue weighted by molar-refractivity contribution is 5.89. The molecule has 0 heterocycles. The lowest BCUT2D eigenvalue weighted by Crippen LogP contribution is -2.42. The van der Waals surface area contributed by atoms with Gasteiger partial charge in [-0.2, -0.15) is 0 Å². The molecule has 25 heavy (non-hydrogen) atoms. The highest BCUT2D eigenvalue weighted by Crippen LogP contribution is 2.23. The molecule has 1 fully saturated rings. The van der Waals surface area contributed by atoms with Crippen LogP contribution in [-0.2, 0) is 14.3 Å². The zero-order valence-corrected chi connectivity index (χ0v) is 15.5. The topological polar surface area (TPSA) is 116 Å². The fourth-order valence-corrected chi connectivity index (χ4v) is 2.35. The van der Waals surface area contributed by atoms with Gasteiger partial charge in [-0.05, 0) is 39.5 Å². The van der Waals surface area contributed by atoms with Gasteiger partial charge in [0, 0.05) is 30.8 Å². The Morgan fingerprint density at radius 1 is 1.12 bits per heavy atom. The molecule has 7 heteroatoms. The van der Waals surface area contributed by atoms with Crippen molar-refractivity contribution in [1.82, 2.24) is 5.32 Å². The van der Waals surface area contributed by atoms with Crippen molar-refractivity contribution in [3.63, 3.8) is 0 Å². The lowest BCUT2D eigenvalue weighted by molar-refractivity contribution is -0.134. The van der Waals surface area contributed by atoms with E-state index in [9.17, 15) is 14.7 Å². The minimum absolute atomic E-state index is 0.0599. The van der Waals surface area contributed by atoms with Gasteiger partial charge in [0.1, 0.15) is 0 Å². The fourth-order valence-electron chi connectivity index (χ4n) is 2.35. The summed E-state index contributed by atoms with van der Waals surface area (Å²) in [4.78, 5) is 19.1. The van der Waals surface area contributed by atoms with Crippen molar-refractivity contribution in [2.75, 3.05) is 19.8 Å². The summed E-state index contributed by atoms with van der Waals surface area (Å²) in [5, 5.41) is 28.7. The first kappa shape index (κ1) is 23.6. The number of hydrogen-bond acceptors (Lipinski definition) is 5. The molecule has 0 saturated heterocycles. The number of carboxylic acid groups (broad SMARTS) is 2. The van der Waals surface area contributed by atoms with Crippen molar-refractivity contribution in [1.29, 1.82) is 0 Å². The van der Waals surface area contributed by atoms with Crippen molar-refractivity contribution >= 4 is 11.9 Å². The highest BCUT2D eigenvalue weighted by atomic mass is 16.5. The van der Waals surface area contributed by atoms with Crippen LogP contribution in [0, 0.1) is 5.92 Å². The number of carbonyl (C=O) groups is 2. The average molecular weight is 359 g/mol. The zero-order valence-electron chi connectivity index (χ0n) is 15.5. The number of aliphatic hydroxyl groups is 1. The van der Waals surface area contributed by atoms with E-state index < -0.39 is 18.0 Å². The summed E-state index contributed by atoms with van der Waals surface area (Å²) in [5.74, 6) is -1.79. The normalized spacial score (nSPS) is 17.0. The molecule has 0 spiro atoms. The largest absolute Gasteiger partial charge is 0.478 e. The molecular weight excluding hydrogens is 326 g/mol. The van der Waals surface area contributed by atoms with Gasteiger partial charge >= 0.3 is 11.9 Å². The second-order valence-electron chi connectivity index (χ2n) is 7.34. The Labute approximate surface area is 150 Å². The molecular formula is C18H33NO6. The maximum Gasteiger partial charge on any atom is 0.328 e. The Morgan fingerprint density at radius 3 is 2.08 bits per heavy atom. The van der Waals surface area contributed by atoms with Gasteiger partial charge in [-0.1, -0.05) is 19.3 Å². The first-order valence-electron chi connectivity index (χ1n) is 8.75. The summed E-state index contributed by atoms with van der Waals surface area (Å²) in [6.07, 6.45) is 7.41. The monoisotopic (exact) mass is 359 g/mol. The minimum Gasteiger partial charge on any atom is -0.478 e. The Morgan fingerprint density at radius 2 is 1.64 bits per heavy atom. The third kappa shape index (κ3) is 17.2. The van der Waals surface area contributed by atoms with Crippen LogP contribution in [0.25, 0.3) is 0 Å². The number of ether oxygens (including phenoxy) is 1. The molecule has 1 atom stereocenters. The molecule has 0 aromatic heterocycles. The highest BCUT2D eigenvalue weighted by Gasteiger charge is 2.15. The Hall–Kier alpha value is -1.44. The Kier molecular flexibility index (Phi) is 12.1. The maximum absolute atomic E-state index is 9.75. The summed E-state index contributed by atoms with van der Waals surface area (Å²) in [6, 6.07) is 0. The number of aliphatic hydroxyl groups excluding tert-OH is 1. The predicted molar refractivity (Wildman–Crippen MR) is 95.6 cm³/mol. The van der Waals surface area contributed by atoms with Crippen LogP contribution < -0.4 is 5.32 Å². The lowest BCUT2D eigenvalue weighted by Gasteiger charge is -2.24. The standard InChI is InChI=1S/C14H29NO2.C4H4O4/c1-14(2,3)15-9-13(16)11-17-10-12-7-5-4-6-8-12;5-3(6)1-2-4(7)8/h12-13,15-16H,4-11H2,1-3H3;1-2H,(H,5,6)(H,7,8)/b;2-1+. The van der Waals surface area contributed by atoms with Crippen LogP contribution in [0.15, 0.2) is 12.2 Å². The summed E-state index contributed by atoms with van der Waals surface area (Å²) in [6.45, 7) is 8.19. The molecule has 1 aliphatic carbocycles. The van der Waals surface area contributed by atoms with Gasteiger partial charge in [0.15, 0.2) is 0 Å². The lowest BCUT2D eigenvalue weighted by atomic mass is 9.90. The van der Waals surface area contributed by atoms with Gasteiger partial charge < -0.3 is 25.4 Å². The van der Waals surface area contributed by atoms with Gasteiger partial charge in [0.2, 0.25) is 0 Å². The van der Waals surface area contributed by atoms with E-state index in [1.165, 1.54) is 32.1 Å². The maximum atomic E-state index is 9.75. The van der Waals surface area contributed by atoms with Gasteiger partial charge in [-0.15, -0.1) is 0 Å². The third-order valence-corrected chi connectivity index (χ3v) is 3.63. The van der Waals surface area contributed by atoms with Gasteiger partial charge in [-0.3, -0.25) is 0 Å². The molecule has 0 bridgehead atoms. The average Bonchev–Trinajstić information content (AvgIpc) is 2.52. The smallest absolute Gasteiger partial charge is 0.328 e. The molecule has 1 saturated carbocycles. The molecule has 0 aliphatic heterocycles. The number of aliphatic carboxylic acids is 2. The van der Waals surface area contributed by atoms with E-state index in [1.807, 2.05) is 0 Å². The number of nitrogens with one attached hydrogen (secondary N) is 1. The van der Waals surface area contributed by atoms with Crippen molar-refractivity contribution < 1.29 is 29.6 Å². The van der Waals surface area contributed by atoms with Crippen molar-refractivity contribution in [2.24, 2.45) is 5.92 Å². The van der Waals surface area contributed by atoms with E-state index in [0.717, 1.165) is 12.5 Å². The Balaban J connectivity index is 0.000000609.